The molecule has 0 unspecified atom stereocenters. The number of hydrogen-bond donors (Lipinski definition) is 2. The van der Waals surface area contributed by atoms with Gasteiger partial charge in [0.1, 0.15) is 6.04 Å². The Hall–Kier alpha value is -2.80. The van der Waals surface area contributed by atoms with Gasteiger partial charge >= 0.3 is 11.9 Å². The highest BCUT2D eigenvalue weighted by Gasteiger charge is 2.50. The minimum Gasteiger partial charge on any atom is -0.497 e. The van der Waals surface area contributed by atoms with Crippen molar-refractivity contribution in [3.05, 3.63) is 47.4 Å². The zero-order chi connectivity index (χ0) is 20.3. The third kappa shape index (κ3) is 2.68. The Bertz CT molecular complexity index is 1030. The molecule has 7 heteroatoms. The lowest BCUT2D eigenvalue weighted by Crippen LogP contribution is -2.57. The maximum absolute atomic E-state index is 12.4. The number of esters is 1. The number of hydrogen-bond acceptors (Lipinski definition) is 5. The molecule has 0 amide bonds. The number of H-pyrrole nitrogens is 1. The van der Waals surface area contributed by atoms with Crippen molar-refractivity contribution in [2.45, 2.75) is 38.0 Å². The summed E-state index contributed by atoms with van der Waals surface area (Å²) in [5.41, 5.74) is 3.72. The van der Waals surface area contributed by atoms with E-state index in [1.165, 1.54) is 13.4 Å². The summed E-state index contributed by atoms with van der Waals surface area (Å²) in [6.45, 7) is 2.55. The van der Waals surface area contributed by atoms with Crippen LogP contribution in [0.2, 0.25) is 0 Å². The molecule has 2 N–H and O–H groups in total. The van der Waals surface area contributed by atoms with E-state index in [2.05, 4.69) is 9.88 Å². The number of para-hydroxylation sites is 1. The van der Waals surface area contributed by atoms with Gasteiger partial charge in [-0.1, -0.05) is 18.2 Å². The van der Waals surface area contributed by atoms with Crippen molar-refractivity contribution < 1.29 is 24.2 Å². The smallest absolute Gasteiger partial charge is 0.337 e. The molecule has 4 heterocycles. The molecule has 0 aliphatic carbocycles. The van der Waals surface area contributed by atoms with Crippen LogP contribution in [0, 0.1) is 11.8 Å². The summed E-state index contributed by atoms with van der Waals surface area (Å²) in [5.74, 6) is -1.17. The van der Waals surface area contributed by atoms with Gasteiger partial charge in [0.25, 0.3) is 0 Å². The minimum atomic E-state index is -0.808. The van der Waals surface area contributed by atoms with E-state index in [9.17, 15) is 14.7 Å². The quantitative estimate of drug-likeness (QED) is 0.759. The Morgan fingerprint density at radius 1 is 1.31 bits per heavy atom. The van der Waals surface area contributed by atoms with Gasteiger partial charge in [0.05, 0.1) is 31.1 Å². The van der Waals surface area contributed by atoms with Crippen LogP contribution in [0.15, 0.2) is 36.1 Å². The van der Waals surface area contributed by atoms with E-state index in [0.29, 0.717) is 25.0 Å². The Labute approximate surface area is 168 Å². The van der Waals surface area contributed by atoms with Crippen LogP contribution in [0.5, 0.6) is 0 Å². The minimum absolute atomic E-state index is 0.0285. The first-order valence-corrected chi connectivity index (χ1v) is 10.0. The van der Waals surface area contributed by atoms with Crippen LogP contribution in [0.1, 0.15) is 30.6 Å². The largest absolute Gasteiger partial charge is 0.497 e. The monoisotopic (exact) mass is 396 g/mol. The molecule has 5 rings (SSSR count). The van der Waals surface area contributed by atoms with Gasteiger partial charge in [-0.3, -0.25) is 9.69 Å². The molecule has 0 saturated carbocycles. The zero-order valence-corrected chi connectivity index (χ0v) is 16.4. The predicted molar refractivity (Wildman–Crippen MR) is 105 cm³/mol. The summed E-state index contributed by atoms with van der Waals surface area (Å²) in [5, 5.41) is 11.1. The number of carboxylic acid groups (broad SMARTS) is 1. The maximum atomic E-state index is 12.4. The normalized spacial score (nSPS) is 31.1. The molecule has 5 atom stereocenters. The van der Waals surface area contributed by atoms with E-state index in [1.54, 1.807) is 0 Å². The number of methoxy groups -OCH3 is 1. The van der Waals surface area contributed by atoms with Crippen molar-refractivity contribution in [1.82, 2.24) is 9.88 Å². The number of aromatic nitrogens is 1. The van der Waals surface area contributed by atoms with E-state index in [0.717, 1.165) is 22.2 Å². The molecule has 7 nitrogen and oxygen atoms in total. The average Bonchev–Trinajstić information content (AvgIpc) is 3.10. The Morgan fingerprint density at radius 2 is 2.10 bits per heavy atom. The molecule has 1 saturated heterocycles. The van der Waals surface area contributed by atoms with Gasteiger partial charge in [-0.05, 0) is 25.0 Å². The molecule has 0 spiro atoms. The standard InChI is InChI=1S/C22H24N2O5/c1-11-15-9-24-18(7-13(15)16(10-29-11)22(27)28-2)20-14(8-19(24)21(25)26)12-5-3-4-6-17(12)23-20/h3-6,10-11,13,15,18-19,23H,7-9H2,1-2H3,(H,25,26)/t11-,13-,15-,18-,19-/m0/s1. The lowest BCUT2D eigenvalue weighted by atomic mass is 9.71. The first-order valence-electron chi connectivity index (χ1n) is 10.0. The molecule has 0 radical (unpaired) electrons. The van der Waals surface area contributed by atoms with Gasteiger partial charge in [0.2, 0.25) is 0 Å². The Morgan fingerprint density at radius 3 is 2.86 bits per heavy atom. The average molecular weight is 396 g/mol. The molecular formula is C22H24N2O5. The fraction of sp³-hybridized carbons (Fsp3) is 0.455. The van der Waals surface area contributed by atoms with Gasteiger partial charge in [0, 0.05) is 41.4 Å². The molecule has 1 aromatic carbocycles. The predicted octanol–water partition coefficient (Wildman–Crippen LogP) is 2.63. The zero-order valence-electron chi connectivity index (χ0n) is 16.4. The van der Waals surface area contributed by atoms with Crippen LogP contribution in [0.3, 0.4) is 0 Å². The number of benzene rings is 1. The highest BCUT2D eigenvalue weighted by molar-refractivity contribution is 5.89. The van der Waals surface area contributed by atoms with Crippen molar-refractivity contribution in [1.29, 1.82) is 0 Å². The first kappa shape index (κ1) is 18.2. The number of piperidine rings is 1. The number of aliphatic carboxylic acids is 1. The number of carbonyl (C=O) groups is 2. The third-order valence-corrected chi connectivity index (χ3v) is 6.91. The lowest BCUT2D eigenvalue weighted by molar-refractivity contribution is -0.150. The Kier molecular flexibility index (Phi) is 4.17. The number of nitrogens with one attached hydrogen (secondary N) is 1. The molecule has 3 aliphatic heterocycles. The van der Waals surface area contributed by atoms with Crippen molar-refractivity contribution in [2.75, 3.05) is 13.7 Å². The van der Waals surface area contributed by atoms with Crippen LogP contribution >= 0.6 is 0 Å². The van der Waals surface area contributed by atoms with E-state index in [1.807, 2.05) is 31.2 Å². The molecule has 152 valence electrons. The molecule has 0 bridgehead atoms. The highest BCUT2D eigenvalue weighted by Crippen LogP contribution is 2.49. The van der Waals surface area contributed by atoms with E-state index in [4.69, 9.17) is 9.47 Å². The van der Waals surface area contributed by atoms with Gasteiger partial charge in [0.15, 0.2) is 0 Å². The molecule has 1 aromatic heterocycles. The molecule has 2 aromatic rings. The van der Waals surface area contributed by atoms with Crippen LogP contribution in [-0.4, -0.2) is 52.7 Å². The number of nitrogens with zero attached hydrogens (tertiary/aromatic N) is 1. The van der Waals surface area contributed by atoms with Crippen LogP contribution in [-0.2, 0) is 25.5 Å². The SMILES string of the molecule is COC(=O)C1=CO[C@@H](C)[C@@H]2CN3[C@H](C(=O)O)Cc4c([nH]c5ccccc45)[C@@H]3C[C@H]12. The molecule has 1 fully saturated rings. The first-order chi connectivity index (χ1) is 14.0. The number of rotatable bonds is 2. The van der Waals surface area contributed by atoms with Crippen molar-refractivity contribution in [2.24, 2.45) is 11.8 Å². The summed E-state index contributed by atoms with van der Waals surface area (Å²) in [4.78, 5) is 30.2. The van der Waals surface area contributed by atoms with Crippen LogP contribution in [0.25, 0.3) is 10.9 Å². The fourth-order valence-corrected chi connectivity index (χ4v) is 5.46. The van der Waals surface area contributed by atoms with Crippen molar-refractivity contribution >= 4 is 22.8 Å². The Balaban J connectivity index is 1.61. The third-order valence-electron chi connectivity index (χ3n) is 6.91. The number of ether oxygens (including phenoxy) is 2. The van der Waals surface area contributed by atoms with Crippen molar-refractivity contribution in [3.63, 3.8) is 0 Å². The number of carbonyl (C=O) groups excluding carboxylic acids is 1. The second-order valence-electron chi connectivity index (χ2n) is 8.25. The van der Waals surface area contributed by atoms with Gasteiger partial charge in [-0.2, -0.15) is 0 Å². The summed E-state index contributed by atoms with van der Waals surface area (Å²) >= 11 is 0. The van der Waals surface area contributed by atoms with E-state index in [-0.39, 0.29) is 30.0 Å². The van der Waals surface area contributed by atoms with E-state index < -0.39 is 12.0 Å². The summed E-state index contributed by atoms with van der Waals surface area (Å²) < 4.78 is 10.7. The van der Waals surface area contributed by atoms with Crippen LogP contribution < -0.4 is 0 Å². The fourth-order valence-electron chi connectivity index (χ4n) is 5.46. The highest BCUT2D eigenvalue weighted by atomic mass is 16.5. The van der Waals surface area contributed by atoms with Gasteiger partial charge in [-0.15, -0.1) is 0 Å². The second kappa shape index (κ2) is 6.62. The topological polar surface area (TPSA) is 91.9 Å². The number of fused-ring (bicyclic) bond motifs is 6. The van der Waals surface area contributed by atoms with Crippen LogP contribution in [0.4, 0.5) is 0 Å². The summed E-state index contributed by atoms with van der Waals surface area (Å²) in [7, 11) is 1.38. The number of carboxylic acids is 1. The second-order valence-corrected chi connectivity index (χ2v) is 8.25. The van der Waals surface area contributed by atoms with Crippen molar-refractivity contribution in [3.8, 4) is 0 Å². The van der Waals surface area contributed by atoms with E-state index >= 15 is 0 Å². The lowest BCUT2D eigenvalue weighted by Gasteiger charge is -2.51. The van der Waals surface area contributed by atoms with Gasteiger partial charge < -0.3 is 19.6 Å². The van der Waals surface area contributed by atoms with Gasteiger partial charge in [-0.25, -0.2) is 4.79 Å². The summed E-state index contributed by atoms with van der Waals surface area (Å²) in [6.07, 6.45) is 2.57. The summed E-state index contributed by atoms with van der Waals surface area (Å²) in [6, 6.07) is 7.34. The number of aromatic amines is 1. The molecule has 3 aliphatic rings. The molecule has 29 heavy (non-hydrogen) atoms. The molecular weight excluding hydrogens is 372 g/mol. The maximum Gasteiger partial charge on any atom is 0.337 e.